The average molecular weight is 350 g/mol. The second-order valence-electron chi connectivity index (χ2n) is 6.01. The van der Waals surface area contributed by atoms with Gasteiger partial charge in [0.05, 0.1) is 17.2 Å². The lowest BCUT2D eigenvalue weighted by Gasteiger charge is -2.10. The molecule has 2 heterocycles. The zero-order valence-corrected chi connectivity index (χ0v) is 13.9. The summed E-state index contributed by atoms with van der Waals surface area (Å²) in [7, 11) is 1.66. The number of fused-ring (bicyclic) bond motifs is 3. The van der Waals surface area contributed by atoms with E-state index in [-0.39, 0.29) is 23.8 Å². The number of nitrogens with one attached hydrogen (secondary N) is 1. The van der Waals surface area contributed by atoms with Gasteiger partial charge in [-0.2, -0.15) is 5.10 Å². The van der Waals surface area contributed by atoms with E-state index in [0.717, 1.165) is 5.52 Å². The Hall–Kier alpha value is -3.48. The molecule has 6 nitrogen and oxygen atoms in total. The maximum Gasteiger partial charge on any atom is 0.276 e. The molecule has 0 bridgehead atoms. The van der Waals surface area contributed by atoms with E-state index < -0.39 is 0 Å². The van der Waals surface area contributed by atoms with E-state index in [2.05, 4.69) is 10.4 Å². The molecule has 4 rings (SSSR count). The Bertz CT molecular complexity index is 1210. The van der Waals surface area contributed by atoms with Crippen molar-refractivity contribution in [3.63, 3.8) is 0 Å². The first-order chi connectivity index (χ1) is 12.5. The Kier molecular flexibility index (Phi) is 3.76. The van der Waals surface area contributed by atoms with Crippen molar-refractivity contribution < 1.29 is 9.18 Å². The number of carbonyl (C=O) groups excluding carboxylic acids is 1. The zero-order valence-electron chi connectivity index (χ0n) is 13.9. The molecular weight excluding hydrogens is 335 g/mol. The van der Waals surface area contributed by atoms with E-state index >= 15 is 0 Å². The van der Waals surface area contributed by atoms with E-state index in [1.807, 2.05) is 0 Å². The second kappa shape index (κ2) is 6.11. The predicted octanol–water partition coefficient (Wildman–Crippen LogP) is 2.26. The molecule has 0 radical (unpaired) electrons. The molecule has 1 N–H and O–H groups in total. The van der Waals surface area contributed by atoms with Crippen LogP contribution in [0.1, 0.15) is 15.9 Å². The fourth-order valence-corrected chi connectivity index (χ4v) is 2.98. The minimum atomic E-state index is -0.347. The zero-order chi connectivity index (χ0) is 18.3. The number of benzene rings is 2. The van der Waals surface area contributed by atoms with Crippen LogP contribution in [0.2, 0.25) is 0 Å². The van der Waals surface area contributed by atoms with Crippen molar-refractivity contribution in [2.75, 3.05) is 0 Å². The van der Waals surface area contributed by atoms with Crippen molar-refractivity contribution in [2.24, 2.45) is 7.05 Å². The molecule has 7 heteroatoms. The molecule has 4 aromatic rings. The Balaban J connectivity index is 1.68. The van der Waals surface area contributed by atoms with Gasteiger partial charge in [0.15, 0.2) is 0 Å². The number of amides is 1. The Morgan fingerprint density at radius 2 is 1.96 bits per heavy atom. The summed E-state index contributed by atoms with van der Waals surface area (Å²) in [6, 6.07) is 12.8. The van der Waals surface area contributed by atoms with E-state index in [1.54, 1.807) is 54.2 Å². The van der Waals surface area contributed by atoms with Crippen molar-refractivity contribution in [1.82, 2.24) is 19.5 Å². The molecule has 0 unspecified atom stereocenters. The lowest BCUT2D eigenvalue weighted by molar-refractivity contribution is 0.0951. The standard InChI is InChI=1S/C19H15FN4O2/c1-23-17-10-13(18(25)21-11-12-3-2-4-14(20)9-12)5-6-15(17)24-16(19(23)26)7-8-22-24/h2-10H,11H2,1H3,(H,21,25). The number of hydrogen-bond acceptors (Lipinski definition) is 3. The monoisotopic (exact) mass is 350 g/mol. The van der Waals surface area contributed by atoms with Crippen LogP contribution < -0.4 is 10.9 Å². The van der Waals surface area contributed by atoms with Crippen LogP contribution in [-0.2, 0) is 13.6 Å². The van der Waals surface area contributed by atoms with E-state index in [1.165, 1.54) is 16.7 Å². The van der Waals surface area contributed by atoms with E-state index in [9.17, 15) is 14.0 Å². The molecule has 0 saturated heterocycles. The van der Waals surface area contributed by atoms with Gasteiger partial charge in [0.25, 0.3) is 11.5 Å². The lowest BCUT2D eigenvalue weighted by Crippen LogP contribution is -2.24. The molecule has 130 valence electrons. The molecule has 2 aromatic carbocycles. The molecule has 0 atom stereocenters. The van der Waals surface area contributed by atoms with Crippen LogP contribution in [0, 0.1) is 5.82 Å². The highest BCUT2D eigenvalue weighted by molar-refractivity contribution is 5.97. The molecule has 0 aliphatic carbocycles. The fourth-order valence-electron chi connectivity index (χ4n) is 2.98. The van der Waals surface area contributed by atoms with Crippen LogP contribution in [0.15, 0.2) is 59.5 Å². The number of aromatic nitrogens is 3. The summed E-state index contributed by atoms with van der Waals surface area (Å²) in [6.07, 6.45) is 1.57. The van der Waals surface area contributed by atoms with E-state index in [4.69, 9.17) is 0 Å². The van der Waals surface area contributed by atoms with Gasteiger partial charge in [0.1, 0.15) is 11.3 Å². The topological polar surface area (TPSA) is 68.4 Å². The molecule has 26 heavy (non-hydrogen) atoms. The number of halogens is 1. The Labute approximate surface area is 147 Å². The third kappa shape index (κ3) is 2.63. The van der Waals surface area contributed by atoms with Crippen molar-refractivity contribution in [1.29, 1.82) is 0 Å². The summed E-state index contributed by atoms with van der Waals surface area (Å²) in [5, 5.41) is 6.93. The van der Waals surface area contributed by atoms with E-state index in [0.29, 0.717) is 22.2 Å². The van der Waals surface area contributed by atoms with Gasteiger partial charge in [-0.15, -0.1) is 0 Å². The summed E-state index contributed by atoms with van der Waals surface area (Å²) in [6.45, 7) is 0.214. The Morgan fingerprint density at radius 3 is 2.77 bits per heavy atom. The fraction of sp³-hybridized carbons (Fsp3) is 0.105. The summed E-state index contributed by atoms with van der Waals surface area (Å²) >= 11 is 0. The van der Waals surface area contributed by atoms with Crippen molar-refractivity contribution >= 4 is 22.5 Å². The summed E-state index contributed by atoms with van der Waals surface area (Å²) in [5.41, 5.74) is 2.70. The average Bonchev–Trinajstić information content (AvgIpc) is 3.14. The first-order valence-corrected chi connectivity index (χ1v) is 8.04. The maximum atomic E-state index is 13.2. The Morgan fingerprint density at radius 1 is 1.12 bits per heavy atom. The minimum Gasteiger partial charge on any atom is -0.348 e. The van der Waals surface area contributed by atoms with Gasteiger partial charge in [-0.05, 0) is 42.0 Å². The first kappa shape index (κ1) is 16.0. The summed E-state index contributed by atoms with van der Waals surface area (Å²) < 4.78 is 16.3. The normalized spacial score (nSPS) is 11.2. The van der Waals surface area contributed by atoms with Crippen molar-refractivity contribution in [3.05, 3.63) is 82.0 Å². The third-order valence-corrected chi connectivity index (χ3v) is 4.34. The maximum absolute atomic E-state index is 13.2. The largest absolute Gasteiger partial charge is 0.348 e. The molecule has 0 saturated carbocycles. The van der Waals surface area contributed by atoms with Gasteiger partial charge in [0, 0.05) is 19.2 Å². The van der Waals surface area contributed by atoms with Gasteiger partial charge in [-0.3, -0.25) is 9.59 Å². The number of aryl methyl sites for hydroxylation is 1. The molecule has 0 fully saturated rings. The van der Waals surface area contributed by atoms with Crippen LogP contribution >= 0.6 is 0 Å². The highest BCUT2D eigenvalue weighted by atomic mass is 19.1. The summed E-state index contributed by atoms with van der Waals surface area (Å²) in [5.74, 6) is -0.648. The van der Waals surface area contributed by atoms with Crippen LogP contribution in [0.3, 0.4) is 0 Å². The molecule has 0 spiro atoms. The smallest absolute Gasteiger partial charge is 0.276 e. The van der Waals surface area contributed by atoms with Gasteiger partial charge in [0.2, 0.25) is 0 Å². The number of hydrogen-bond donors (Lipinski definition) is 1. The first-order valence-electron chi connectivity index (χ1n) is 8.04. The summed E-state index contributed by atoms with van der Waals surface area (Å²) in [4.78, 5) is 24.8. The molecule has 0 aliphatic rings. The molecular formula is C19H15FN4O2. The molecule has 1 amide bonds. The van der Waals surface area contributed by atoms with Gasteiger partial charge >= 0.3 is 0 Å². The quantitative estimate of drug-likeness (QED) is 0.616. The molecule has 2 aromatic heterocycles. The van der Waals surface area contributed by atoms with Gasteiger partial charge < -0.3 is 9.88 Å². The van der Waals surface area contributed by atoms with Crippen LogP contribution in [0.4, 0.5) is 4.39 Å². The van der Waals surface area contributed by atoms with Crippen molar-refractivity contribution in [2.45, 2.75) is 6.54 Å². The van der Waals surface area contributed by atoms with Crippen LogP contribution in [-0.4, -0.2) is 20.1 Å². The highest BCUT2D eigenvalue weighted by Gasteiger charge is 2.12. The third-order valence-electron chi connectivity index (χ3n) is 4.34. The second-order valence-corrected chi connectivity index (χ2v) is 6.01. The van der Waals surface area contributed by atoms with Crippen molar-refractivity contribution in [3.8, 4) is 0 Å². The number of carbonyl (C=O) groups is 1. The SMILES string of the molecule is Cn1c(=O)c2ccnn2c2ccc(C(=O)NCc3cccc(F)c3)cc21. The lowest BCUT2D eigenvalue weighted by atomic mass is 10.1. The predicted molar refractivity (Wildman–Crippen MR) is 95.5 cm³/mol. The van der Waals surface area contributed by atoms with Crippen LogP contribution in [0.5, 0.6) is 0 Å². The minimum absolute atomic E-state index is 0.188. The number of rotatable bonds is 3. The van der Waals surface area contributed by atoms with Crippen LogP contribution in [0.25, 0.3) is 16.6 Å². The number of nitrogens with zero attached hydrogens (tertiary/aromatic N) is 3. The van der Waals surface area contributed by atoms with Gasteiger partial charge in [-0.1, -0.05) is 12.1 Å². The van der Waals surface area contributed by atoms with Gasteiger partial charge in [-0.25, -0.2) is 8.91 Å². The highest BCUT2D eigenvalue weighted by Crippen LogP contribution is 2.16. The molecule has 0 aliphatic heterocycles.